The topological polar surface area (TPSA) is 6.48 Å². The Balaban J connectivity index is 1.66. The summed E-state index contributed by atoms with van der Waals surface area (Å²) in [5.41, 5.74) is 12.1. The lowest BCUT2D eigenvalue weighted by Crippen LogP contribution is -2.38. The quantitative estimate of drug-likeness (QED) is 0.389. The number of rotatable bonds is 6. The first kappa shape index (κ1) is 22.9. The molecule has 0 bridgehead atoms. The number of anilines is 1. The van der Waals surface area contributed by atoms with Crippen LogP contribution in [0, 0.1) is 41.5 Å². The fourth-order valence-corrected chi connectivity index (χ4v) is 5.26. The second kappa shape index (κ2) is 9.70. The van der Waals surface area contributed by atoms with E-state index in [1.54, 1.807) is 0 Å². The molecule has 1 aliphatic heterocycles. The molecular weight excluding hydrogens is 400 g/mol. The van der Waals surface area contributed by atoms with Crippen molar-refractivity contribution < 1.29 is 0 Å². The van der Waals surface area contributed by atoms with Crippen LogP contribution in [0.4, 0.5) is 5.69 Å². The van der Waals surface area contributed by atoms with Crippen LogP contribution in [0.25, 0.3) is 6.08 Å². The first-order chi connectivity index (χ1) is 15.8. The molecule has 1 aliphatic rings. The van der Waals surface area contributed by atoms with E-state index in [1.165, 1.54) is 50.2 Å². The van der Waals surface area contributed by atoms with Gasteiger partial charge >= 0.3 is 0 Å². The lowest BCUT2D eigenvalue weighted by Gasteiger charge is -2.34. The maximum atomic E-state index is 2.50. The molecule has 0 N–H and O–H groups in total. The molecule has 0 radical (unpaired) electrons. The average molecular weight is 437 g/mol. The van der Waals surface area contributed by atoms with Gasteiger partial charge in [-0.25, -0.2) is 0 Å². The molecule has 3 aromatic carbocycles. The summed E-state index contributed by atoms with van der Waals surface area (Å²) in [5.74, 6) is 0. The van der Waals surface area contributed by atoms with Crippen molar-refractivity contribution in [3.63, 3.8) is 0 Å². The molecule has 1 atom stereocenters. The van der Waals surface area contributed by atoms with Gasteiger partial charge in [-0.15, -0.1) is 0 Å². The van der Waals surface area contributed by atoms with E-state index in [0.29, 0.717) is 0 Å². The number of hydrogen-bond acceptors (Lipinski definition) is 2. The molecule has 0 aliphatic carbocycles. The Bertz CT molecular complexity index is 1140. The summed E-state index contributed by atoms with van der Waals surface area (Å²) < 4.78 is 0. The molecule has 0 amide bonds. The van der Waals surface area contributed by atoms with Gasteiger partial charge in [0.05, 0.1) is 0 Å². The molecule has 1 heterocycles. The second-order valence-electron chi connectivity index (χ2n) is 9.53. The number of aryl methyl sites for hydroxylation is 6. The van der Waals surface area contributed by atoms with Crippen molar-refractivity contribution in [2.24, 2.45) is 0 Å². The molecule has 3 aromatic rings. The van der Waals surface area contributed by atoms with Crippen LogP contribution in [0.3, 0.4) is 0 Å². The highest BCUT2D eigenvalue weighted by Crippen LogP contribution is 2.34. The van der Waals surface area contributed by atoms with Crippen molar-refractivity contribution in [1.29, 1.82) is 0 Å². The van der Waals surface area contributed by atoms with Crippen LogP contribution in [-0.2, 0) is 6.54 Å². The van der Waals surface area contributed by atoms with Crippen LogP contribution in [-0.4, -0.2) is 11.1 Å². The van der Waals surface area contributed by atoms with E-state index < -0.39 is 0 Å². The highest BCUT2D eigenvalue weighted by molar-refractivity contribution is 5.63. The van der Waals surface area contributed by atoms with Crippen LogP contribution in [0.2, 0.25) is 0 Å². The first-order valence-electron chi connectivity index (χ1n) is 11.9. The molecule has 170 valence electrons. The van der Waals surface area contributed by atoms with Gasteiger partial charge in [0.2, 0.25) is 0 Å². The molecule has 0 aromatic heterocycles. The van der Waals surface area contributed by atoms with Gasteiger partial charge in [0.1, 0.15) is 6.17 Å². The standard InChI is InChI=1S/C31H36N2/c1-22-17-24(3)29(25(4)18-22)21-32-15-16-33(31-26(5)19-23(2)20-27(31)6)30(32)14-10-13-28-11-8-7-9-12-28/h7-13,15-20,30H,14,21H2,1-6H3. The summed E-state index contributed by atoms with van der Waals surface area (Å²) >= 11 is 0. The summed E-state index contributed by atoms with van der Waals surface area (Å²) in [4.78, 5) is 4.97. The summed E-state index contributed by atoms with van der Waals surface area (Å²) in [7, 11) is 0. The minimum absolute atomic E-state index is 0.241. The van der Waals surface area contributed by atoms with Gasteiger partial charge in [0.15, 0.2) is 0 Å². The fourth-order valence-electron chi connectivity index (χ4n) is 5.26. The third-order valence-electron chi connectivity index (χ3n) is 6.65. The molecule has 2 nitrogen and oxygen atoms in total. The van der Waals surface area contributed by atoms with Crippen molar-refractivity contribution in [3.05, 3.63) is 118 Å². The normalized spacial score (nSPS) is 15.8. The van der Waals surface area contributed by atoms with Crippen molar-refractivity contribution in [1.82, 2.24) is 4.90 Å². The van der Waals surface area contributed by atoms with Crippen LogP contribution in [0.15, 0.2) is 73.1 Å². The molecule has 33 heavy (non-hydrogen) atoms. The fraction of sp³-hybridized carbons (Fsp3) is 0.290. The molecular formula is C31H36N2. The predicted octanol–water partition coefficient (Wildman–Crippen LogP) is 7.76. The molecule has 0 fully saturated rings. The highest BCUT2D eigenvalue weighted by atomic mass is 15.4. The number of hydrogen-bond donors (Lipinski definition) is 0. The van der Waals surface area contributed by atoms with Crippen LogP contribution >= 0.6 is 0 Å². The Hall–Kier alpha value is -3.26. The van der Waals surface area contributed by atoms with Crippen LogP contribution in [0.5, 0.6) is 0 Å². The summed E-state index contributed by atoms with van der Waals surface area (Å²) in [6, 6.07) is 19.8. The van der Waals surface area contributed by atoms with Crippen molar-refractivity contribution in [3.8, 4) is 0 Å². The van der Waals surface area contributed by atoms with E-state index in [0.717, 1.165) is 13.0 Å². The molecule has 0 saturated heterocycles. The summed E-state index contributed by atoms with van der Waals surface area (Å²) in [6.45, 7) is 14.2. The van der Waals surface area contributed by atoms with E-state index in [9.17, 15) is 0 Å². The Morgan fingerprint density at radius 1 is 0.727 bits per heavy atom. The minimum Gasteiger partial charge on any atom is -0.351 e. The number of nitrogens with zero attached hydrogens (tertiary/aromatic N) is 2. The zero-order valence-corrected chi connectivity index (χ0v) is 20.9. The molecule has 0 saturated carbocycles. The van der Waals surface area contributed by atoms with E-state index in [1.807, 2.05) is 0 Å². The number of benzene rings is 3. The largest absolute Gasteiger partial charge is 0.351 e. The van der Waals surface area contributed by atoms with Gasteiger partial charge in [-0.3, -0.25) is 0 Å². The van der Waals surface area contributed by atoms with Crippen molar-refractivity contribution in [2.75, 3.05) is 4.90 Å². The second-order valence-corrected chi connectivity index (χ2v) is 9.53. The summed E-state index contributed by atoms with van der Waals surface area (Å²) in [6.07, 6.45) is 10.3. The third kappa shape index (κ3) is 5.06. The Morgan fingerprint density at radius 2 is 1.30 bits per heavy atom. The molecule has 2 heteroatoms. The Morgan fingerprint density at radius 3 is 1.91 bits per heavy atom. The highest BCUT2D eigenvalue weighted by Gasteiger charge is 2.29. The van der Waals surface area contributed by atoms with Gasteiger partial charge in [-0.05, 0) is 74.9 Å². The zero-order valence-electron chi connectivity index (χ0n) is 20.9. The maximum Gasteiger partial charge on any atom is 0.109 e. The molecule has 1 unspecified atom stereocenters. The van der Waals surface area contributed by atoms with Gasteiger partial charge < -0.3 is 9.80 Å². The van der Waals surface area contributed by atoms with Crippen molar-refractivity contribution >= 4 is 11.8 Å². The minimum atomic E-state index is 0.241. The van der Waals surface area contributed by atoms with Gasteiger partial charge in [0.25, 0.3) is 0 Å². The first-order valence-corrected chi connectivity index (χ1v) is 11.9. The van der Waals surface area contributed by atoms with Gasteiger partial charge in [-0.2, -0.15) is 0 Å². The zero-order chi connectivity index (χ0) is 23.5. The van der Waals surface area contributed by atoms with E-state index in [2.05, 4.69) is 130 Å². The predicted molar refractivity (Wildman–Crippen MR) is 142 cm³/mol. The Labute approximate surface area is 199 Å². The van der Waals surface area contributed by atoms with Gasteiger partial charge in [-0.1, -0.05) is 77.9 Å². The third-order valence-corrected chi connectivity index (χ3v) is 6.65. The lowest BCUT2D eigenvalue weighted by atomic mass is 9.99. The maximum absolute atomic E-state index is 2.50. The summed E-state index contributed by atoms with van der Waals surface area (Å²) in [5, 5.41) is 0. The SMILES string of the molecule is Cc1cc(C)c(CN2C=CN(c3c(C)cc(C)cc3C)C2CC=Cc2ccccc2)c(C)c1. The van der Waals surface area contributed by atoms with E-state index in [4.69, 9.17) is 0 Å². The van der Waals surface area contributed by atoms with Gasteiger partial charge in [0, 0.05) is 31.1 Å². The van der Waals surface area contributed by atoms with Crippen molar-refractivity contribution in [2.45, 2.75) is 60.7 Å². The van der Waals surface area contributed by atoms with Crippen LogP contribution < -0.4 is 4.90 Å². The molecule has 4 rings (SSSR count). The average Bonchev–Trinajstić information content (AvgIpc) is 3.13. The molecule has 0 spiro atoms. The lowest BCUT2D eigenvalue weighted by molar-refractivity contribution is 0.293. The van der Waals surface area contributed by atoms with E-state index >= 15 is 0 Å². The van der Waals surface area contributed by atoms with Crippen LogP contribution in [0.1, 0.15) is 50.9 Å². The van der Waals surface area contributed by atoms with E-state index in [-0.39, 0.29) is 6.17 Å². The smallest absolute Gasteiger partial charge is 0.109 e. The Kier molecular flexibility index (Phi) is 6.74. The monoisotopic (exact) mass is 436 g/mol.